The van der Waals surface area contributed by atoms with E-state index in [0.29, 0.717) is 19.3 Å². The van der Waals surface area contributed by atoms with Gasteiger partial charge in [-0.05, 0) is 37.8 Å². The molecule has 3 rings (SSSR count). The largest absolute Gasteiger partial charge is 0.480 e. The van der Waals surface area contributed by atoms with E-state index in [4.69, 9.17) is 0 Å². The van der Waals surface area contributed by atoms with Gasteiger partial charge in [-0.2, -0.15) is 0 Å². The molecule has 0 radical (unpaired) electrons. The lowest BCUT2D eigenvalue weighted by atomic mass is 10.0. The molecule has 7 nitrogen and oxygen atoms in total. The van der Waals surface area contributed by atoms with Crippen molar-refractivity contribution in [2.24, 2.45) is 0 Å². The zero-order valence-corrected chi connectivity index (χ0v) is 14.5. The number of rotatable bonds is 4. The molecule has 142 valence electrons. The van der Waals surface area contributed by atoms with Crippen molar-refractivity contribution in [1.29, 1.82) is 0 Å². The number of fused-ring (bicyclic) bond motifs is 1. The monoisotopic (exact) mass is 374 g/mol. The van der Waals surface area contributed by atoms with Crippen LogP contribution >= 0.6 is 0 Å². The molecule has 0 aliphatic carbocycles. The number of aliphatic carboxylic acids is 1. The molecule has 2 heterocycles. The highest BCUT2D eigenvalue weighted by molar-refractivity contribution is 6.31. The van der Waals surface area contributed by atoms with Crippen LogP contribution in [0.2, 0.25) is 0 Å². The van der Waals surface area contributed by atoms with Crippen LogP contribution in [0, 0.1) is 5.82 Å². The van der Waals surface area contributed by atoms with E-state index in [0.717, 1.165) is 11.0 Å². The third-order valence-electron chi connectivity index (χ3n) is 5.02. The summed E-state index contributed by atoms with van der Waals surface area (Å²) in [5.41, 5.74) is -0.190. The summed E-state index contributed by atoms with van der Waals surface area (Å²) in [5, 5.41) is 9.46. The topological polar surface area (TPSA) is 95.0 Å². The van der Waals surface area contributed by atoms with Gasteiger partial charge in [0.2, 0.25) is 12.2 Å². The number of carboxylic acid groups (broad SMARTS) is 1. The van der Waals surface area contributed by atoms with Crippen LogP contribution in [-0.4, -0.2) is 52.2 Å². The minimum atomic E-state index is -1.20. The average Bonchev–Trinajstić information content (AvgIpc) is 3.06. The van der Waals surface area contributed by atoms with Crippen LogP contribution in [0.3, 0.4) is 0 Å². The fourth-order valence-electron chi connectivity index (χ4n) is 3.80. The summed E-state index contributed by atoms with van der Waals surface area (Å²) in [6, 6.07) is 2.87. The third-order valence-corrected chi connectivity index (χ3v) is 5.02. The Bertz CT molecular complexity index is 809. The first kappa shape index (κ1) is 18.8. The van der Waals surface area contributed by atoms with Crippen molar-refractivity contribution in [3.8, 4) is 0 Å². The number of hydrogen-bond donors (Lipinski definition) is 1. The van der Waals surface area contributed by atoms with Gasteiger partial charge in [0.05, 0.1) is 5.69 Å². The first-order valence-corrected chi connectivity index (χ1v) is 8.68. The molecule has 2 aliphatic rings. The molecule has 0 saturated carbocycles. The van der Waals surface area contributed by atoms with Crippen molar-refractivity contribution in [3.63, 3.8) is 0 Å². The zero-order valence-electron chi connectivity index (χ0n) is 14.5. The smallest absolute Gasteiger partial charge is 0.326 e. The van der Waals surface area contributed by atoms with Gasteiger partial charge in [-0.1, -0.05) is 24.3 Å². The van der Waals surface area contributed by atoms with Crippen molar-refractivity contribution in [3.05, 3.63) is 42.2 Å². The average molecular weight is 374 g/mol. The van der Waals surface area contributed by atoms with Crippen LogP contribution in [0.5, 0.6) is 0 Å². The van der Waals surface area contributed by atoms with E-state index in [2.05, 4.69) is 0 Å². The Kier molecular flexibility index (Phi) is 5.34. The number of carboxylic acids is 1. The Balaban J connectivity index is 2.06. The van der Waals surface area contributed by atoms with E-state index in [-0.39, 0.29) is 24.4 Å². The van der Waals surface area contributed by atoms with Crippen molar-refractivity contribution < 1.29 is 28.7 Å². The quantitative estimate of drug-likeness (QED) is 0.490. The minimum absolute atomic E-state index is 0.0261. The van der Waals surface area contributed by atoms with E-state index in [1.165, 1.54) is 23.1 Å². The lowest BCUT2D eigenvalue weighted by molar-refractivity contribution is -0.150. The van der Waals surface area contributed by atoms with Crippen molar-refractivity contribution in [1.82, 2.24) is 4.90 Å². The number of para-hydroxylation sites is 1. The molecule has 8 heteroatoms. The molecule has 1 aromatic rings. The van der Waals surface area contributed by atoms with Gasteiger partial charge in [0.15, 0.2) is 0 Å². The lowest BCUT2D eigenvalue weighted by Crippen LogP contribution is -2.56. The Morgan fingerprint density at radius 2 is 1.89 bits per heavy atom. The molecule has 1 aromatic carbocycles. The summed E-state index contributed by atoms with van der Waals surface area (Å²) in [6.07, 6.45) is 4.98. The molecule has 1 fully saturated rings. The summed E-state index contributed by atoms with van der Waals surface area (Å²) in [7, 11) is 0. The molecule has 0 unspecified atom stereocenters. The summed E-state index contributed by atoms with van der Waals surface area (Å²) >= 11 is 0. The standard InChI is InChI=1S/C19H19FN2O5/c20-13-6-2-4-7-14(13)22(17(24)11-23)15-8-3-1-5-12-9-10-16(19(26)27)21(12)18(15)25/h1-4,6-7,11-12,15-16H,5,8-10H2,(H,26,27)/b3-1-/t12-,15+,16+/m1/s1. The Labute approximate surface area is 155 Å². The summed E-state index contributed by atoms with van der Waals surface area (Å²) < 4.78 is 14.3. The van der Waals surface area contributed by atoms with Crippen LogP contribution in [0.25, 0.3) is 0 Å². The fraction of sp³-hybridized carbons (Fsp3) is 0.368. The summed E-state index contributed by atoms with van der Waals surface area (Å²) in [6.45, 7) is 0. The van der Waals surface area contributed by atoms with Gasteiger partial charge < -0.3 is 10.0 Å². The van der Waals surface area contributed by atoms with E-state index in [9.17, 15) is 28.7 Å². The van der Waals surface area contributed by atoms with E-state index in [1.54, 1.807) is 6.08 Å². The molecule has 0 spiro atoms. The van der Waals surface area contributed by atoms with Gasteiger partial charge in [-0.15, -0.1) is 0 Å². The van der Waals surface area contributed by atoms with Crippen molar-refractivity contribution >= 4 is 29.8 Å². The van der Waals surface area contributed by atoms with E-state index >= 15 is 0 Å². The van der Waals surface area contributed by atoms with Gasteiger partial charge in [-0.25, -0.2) is 9.18 Å². The molecule has 1 N–H and O–H groups in total. The molecular formula is C19H19FN2O5. The Morgan fingerprint density at radius 3 is 2.56 bits per heavy atom. The number of anilines is 1. The highest BCUT2D eigenvalue weighted by Crippen LogP contribution is 2.32. The predicted octanol–water partition coefficient (Wildman–Crippen LogP) is 1.52. The second kappa shape index (κ2) is 7.69. The predicted molar refractivity (Wildman–Crippen MR) is 93.4 cm³/mol. The first-order chi connectivity index (χ1) is 13.0. The normalized spacial score (nSPS) is 25.9. The number of nitrogens with zero attached hydrogens (tertiary/aromatic N) is 2. The van der Waals surface area contributed by atoms with Gasteiger partial charge in [0.1, 0.15) is 17.9 Å². The minimum Gasteiger partial charge on any atom is -0.480 e. The van der Waals surface area contributed by atoms with Gasteiger partial charge in [0, 0.05) is 6.04 Å². The SMILES string of the molecule is O=CC(=O)N(c1ccccc1F)[C@H]1C/C=C\C[C@@H]2CC[C@@H](C(=O)O)N2C1=O. The molecule has 2 aliphatic heterocycles. The molecule has 3 atom stereocenters. The second-order valence-corrected chi connectivity index (χ2v) is 6.57. The lowest BCUT2D eigenvalue weighted by Gasteiger charge is -2.37. The fourth-order valence-corrected chi connectivity index (χ4v) is 3.80. The van der Waals surface area contributed by atoms with E-state index in [1.807, 2.05) is 6.08 Å². The van der Waals surface area contributed by atoms with Crippen molar-refractivity contribution in [2.45, 2.75) is 43.8 Å². The second-order valence-electron chi connectivity index (χ2n) is 6.57. The van der Waals surface area contributed by atoms with Gasteiger partial charge in [-0.3, -0.25) is 19.3 Å². The number of aldehydes is 1. The first-order valence-electron chi connectivity index (χ1n) is 8.68. The van der Waals surface area contributed by atoms with Crippen LogP contribution in [0.15, 0.2) is 36.4 Å². The highest BCUT2D eigenvalue weighted by atomic mass is 19.1. The molecule has 2 amide bonds. The van der Waals surface area contributed by atoms with Gasteiger partial charge in [0.25, 0.3) is 5.91 Å². The number of halogens is 1. The maximum atomic E-state index is 14.3. The molecular weight excluding hydrogens is 355 g/mol. The molecule has 0 bridgehead atoms. The number of carbonyl (C=O) groups is 4. The Hall–Kier alpha value is -3.03. The summed E-state index contributed by atoms with van der Waals surface area (Å²) in [5.74, 6) is -3.52. The maximum absolute atomic E-state index is 14.3. The van der Waals surface area contributed by atoms with Crippen LogP contribution < -0.4 is 4.90 Å². The molecule has 1 saturated heterocycles. The highest BCUT2D eigenvalue weighted by Gasteiger charge is 2.45. The molecule has 0 aromatic heterocycles. The number of amides is 2. The molecule has 27 heavy (non-hydrogen) atoms. The van der Waals surface area contributed by atoms with Gasteiger partial charge >= 0.3 is 5.97 Å². The number of carbonyl (C=O) groups excluding carboxylic acids is 3. The number of hydrogen-bond acceptors (Lipinski definition) is 4. The van der Waals surface area contributed by atoms with Crippen molar-refractivity contribution in [2.75, 3.05) is 4.90 Å². The Morgan fingerprint density at radius 1 is 1.19 bits per heavy atom. The van der Waals surface area contributed by atoms with Crippen LogP contribution in [0.1, 0.15) is 25.7 Å². The number of benzene rings is 1. The van der Waals surface area contributed by atoms with E-state index < -0.39 is 35.7 Å². The summed E-state index contributed by atoms with van der Waals surface area (Å²) in [4.78, 5) is 50.4. The van der Waals surface area contributed by atoms with Crippen LogP contribution in [0.4, 0.5) is 10.1 Å². The maximum Gasteiger partial charge on any atom is 0.326 e. The third kappa shape index (κ3) is 3.47. The zero-order chi connectivity index (χ0) is 19.6. The van der Waals surface area contributed by atoms with Crippen LogP contribution in [-0.2, 0) is 19.2 Å².